The zero-order valence-corrected chi connectivity index (χ0v) is 17.1. The second-order valence-electron chi connectivity index (χ2n) is 6.02. The van der Waals surface area contributed by atoms with Gasteiger partial charge in [-0.2, -0.15) is 5.10 Å². The Balaban J connectivity index is 0.00000140. The van der Waals surface area contributed by atoms with Gasteiger partial charge in [-0.1, -0.05) is 18.2 Å². The van der Waals surface area contributed by atoms with Crippen LogP contribution < -0.4 is 4.74 Å². The van der Waals surface area contributed by atoms with Crippen molar-refractivity contribution in [2.45, 2.75) is 6.92 Å². The van der Waals surface area contributed by atoms with Gasteiger partial charge in [-0.3, -0.25) is 10.5 Å². The quantitative estimate of drug-likeness (QED) is 0.335. The lowest BCUT2D eigenvalue weighted by Gasteiger charge is -2.06. The van der Waals surface area contributed by atoms with E-state index in [1.54, 1.807) is 7.11 Å². The van der Waals surface area contributed by atoms with E-state index in [9.17, 15) is 0 Å². The van der Waals surface area contributed by atoms with E-state index in [1.807, 2.05) is 43.3 Å². The minimum Gasteiger partial charge on any atom is -0.497 e. The molecule has 1 aromatic heterocycles. The molecule has 28 heavy (non-hydrogen) atoms. The number of nitrogens with zero attached hydrogens (tertiary/aromatic N) is 1. The van der Waals surface area contributed by atoms with E-state index >= 15 is 0 Å². The smallest absolute Gasteiger partial charge is 0.213 e. The molecule has 146 valence electrons. The van der Waals surface area contributed by atoms with Gasteiger partial charge in [-0.15, -0.1) is 24.8 Å². The number of hydrogen-bond acceptors (Lipinski definition) is 4. The number of halogens is 2. The maximum atomic E-state index is 8.01. The molecule has 0 aliphatic heterocycles. The number of aromatic amines is 1. The van der Waals surface area contributed by atoms with Crippen LogP contribution in [0, 0.1) is 5.41 Å². The third kappa shape index (κ3) is 3.91. The Morgan fingerprint density at radius 2 is 1.75 bits per heavy atom. The van der Waals surface area contributed by atoms with Crippen molar-refractivity contribution >= 4 is 52.4 Å². The number of hydrogen-bond donors (Lipinski definition) is 2. The van der Waals surface area contributed by atoms with Crippen LogP contribution >= 0.6 is 24.8 Å². The summed E-state index contributed by atoms with van der Waals surface area (Å²) < 4.78 is 10.6. The molecule has 0 unspecified atom stereocenters. The molecule has 0 fully saturated rings. The average Bonchev–Trinajstić information content (AvgIpc) is 3.10. The molecule has 0 saturated heterocycles. The first-order chi connectivity index (χ1) is 12.7. The lowest BCUT2D eigenvalue weighted by atomic mass is 10.0. The SMILES string of the molecule is CCOC(=N)c1ccc2[nH]nc(-c3ccc4cc(OC)ccc4c3)c2c1.Cl.Cl. The normalized spacial score (nSPS) is 10.2. The fourth-order valence-electron chi connectivity index (χ4n) is 3.10. The van der Waals surface area contributed by atoms with Gasteiger partial charge in [-0.05, 0) is 54.1 Å². The molecular weight excluding hydrogens is 397 g/mol. The highest BCUT2D eigenvalue weighted by atomic mass is 35.5. The molecule has 0 aliphatic rings. The van der Waals surface area contributed by atoms with Crippen LogP contribution in [-0.4, -0.2) is 29.8 Å². The predicted octanol–water partition coefficient (Wildman–Crippen LogP) is 5.60. The van der Waals surface area contributed by atoms with Crippen LogP contribution in [0.4, 0.5) is 0 Å². The second kappa shape index (κ2) is 8.95. The van der Waals surface area contributed by atoms with Crippen LogP contribution in [0.25, 0.3) is 32.9 Å². The zero-order chi connectivity index (χ0) is 18.1. The molecule has 5 nitrogen and oxygen atoms in total. The molecule has 0 saturated carbocycles. The molecule has 1 heterocycles. The summed E-state index contributed by atoms with van der Waals surface area (Å²) in [5.41, 5.74) is 3.56. The number of nitrogens with one attached hydrogen (secondary N) is 2. The molecule has 0 aliphatic carbocycles. The van der Waals surface area contributed by atoms with Crippen LogP contribution in [-0.2, 0) is 4.74 Å². The lowest BCUT2D eigenvalue weighted by Crippen LogP contribution is -2.04. The van der Waals surface area contributed by atoms with Crippen molar-refractivity contribution in [1.82, 2.24) is 10.2 Å². The highest BCUT2D eigenvalue weighted by Gasteiger charge is 2.12. The molecule has 4 aromatic rings. The van der Waals surface area contributed by atoms with E-state index in [0.29, 0.717) is 6.61 Å². The standard InChI is InChI=1S/C21H19N3O2.2ClH/c1-3-26-21(22)16-7-9-19-18(12-16)20(24-23-19)15-5-4-14-11-17(25-2)8-6-13(14)10-15;;/h4-12,22H,3H2,1-2H3,(H,23,24);2*1H. The van der Waals surface area contributed by atoms with Gasteiger partial charge >= 0.3 is 0 Å². The van der Waals surface area contributed by atoms with Gasteiger partial charge in [-0.25, -0.2) is 0 Å². The third-order valence-corrected chi connectivity index (χ3v) is 4.43. The minimum atomic E-state index is 0. The Morgan fingerprint density at radius 3 is 2.50 bits per heavy atom. The molecule has 7 heteroatoms. The van der Waals surface area contributed by atoms with Crippen molar-refractivity contribution < 1.29 is 9.47 Å². The van der Waals surface area contributed by atoms with Gasteiger partial charge in [0, 0.05) is 16.5 Å². The minimum absolute atomic E-state index is 0. The zero-order valence-electron chi connectivity index (χ0n) is 15.5. The molecule has 0 amide bonds. The first kappa shape index (κ1) is 21.5. The molecule has 3 aromatic carbocycles. The summed E-state index contributed by atoms with van der Waals surface area (Å²) in [4.78, 5) is 0. The first-order valence-electron chi connectivity index (χ1n) is 8.47. The van der Waals surface area contributed by atoms with Gasteiger partial charge in [0.15, 0.2) is 0 Å². The van der Waals surface area contributed by atoms with Gasteiger partial charge in [0.25, 0.3) is 0 Å². The van der Waals surface area contributed by atoms with Crippen LogP contribution in [0.5, 0.6) is 5.75 Å². The van der Waals surface area contributed by atoms with E-state index in [4.69, 9.17) is 14.9 Å². The topological polar surface area (TPSA) is 71.0 Å². The maximum absolute atomic E-state index is 8.01. The van der Waals surface area contributed by atoms with Gasteiger partial charge in [0.05, 0.1) is 24.9 Å². The first-order valence-corrected chi connectivity index (χ1v) is 8.47. The monoisotopic (exact) mass is 417 g/mol. The largest absolute Gasteiger partial charge is 0.497 e. The summed E-state index contributed by atoms with van der Waals surface area (Å²) in [6.07, 6.45) is 0. The Bertz CT molecular complexity index is 1130. The van der Waals surface area contributed by atoms with Crippen LogP contribution in [0.2, 0.25) is 0 Å². The predicted molar refractivity (Wildman–Crippen MR) is 119 cm³/mol. The van der Waals surface area contributed by atoms with Gasteiger partial charge in [0.2, 0.25) is 5.90 Å². The van der Waals surface area contributed by atoms with E-state index < -0.39 is 0 Å². The fraction of sp³-hybridized carbons (Fsp3) is 0.143. The van der Waals surface area contributed by atoms with Crippen LogP contribution in [0.15, 0.2) is 54.6 Å². The number of benzene rings is 3. The summed E-state index contributed by atoms with van der Waals surface area (Å²) in [6.45, 7) is 2.35. The van der Waals surface area contributed by atoms with Gasteiger partial charge < -0.3 is 9.47 Å². The summed E-state index contributed by atoms with van der Waals surface area (Å²) in [7, 11) is 1.67. The van der Waals surface area contributed by atoms with Crippen molar-refractivity contribution in [3.63, 3.8) is 0 Å². The Labute approximate surface area is 175 Å². The summed E-state index contributed by atoms with van der Waals surface area (Å²) >= 11 is 0. The molecule has 0 bridgehead atoms. The number of aromatic nitrogens is 2. The maximum Gasteiger partial charge on any atom is 0.213 e. The number of rotatable bonds is 4. The Hall–Kier alpha value is -2.76. The molecular formula is C21H21Cl2N3O2. The number of ether oxygens (including phenoxy) is 2. The number of methoxy groups -OCH3 is 1. The van der Waals surface area contributed by atoms with Crippen molar-refractivity contribution in [3.05, 3.63) is 60.2 Å². The summed E-state index contributed by atoms with van der Waals surface area (Å²) in [5.74, 6) is 1.02. The fourth-order valence-corrected chi connectivity index (χ4v) is 3.10. The van der Waals surface area contributed by atoms with Gasteiger partial charge in [0.1, 0.15) is 5.75 Å². The molecule has 4 rings (SSSR count). The molecule has 0 spiro atoms. The molecule has 0 radical (unpaired) electrons. The number of fused-ring (bicyclic) bond motifs is 2. The van der Waals surface area contributed by atoms with Crippen molar-refractivity contribution in [1.29, 1.82) is 5.41 Å². The van der Waals surface area contributed by atoms with Crippen LogP contribution in [0.3, 0.4) is 0 Å². The summed E-state index contributed by atoms with van der Waals surface area (Å²) in [6, 6.07) is 18.0. The van der Waals surface area contributed by atoms with E-state index in [2.05, 4.69) is 28.4 Å². The highest BCUT2D eigenvalue weighted by Crippen LogP contribution is 2.30. The van der Waals surface area contributed by atoms with E-state index in [1.165, 1.54) is 0 Å². The average molecular weight is 418 g/mol. The molecule has 2 N–H and O–H groups in total. The number of H-pyrrole nitrogens is 1. The van der Waals surface area contributed by atoms with E-state index in [0.717, 1.165) is 44.2 Å². The van der Waals surface area contributed by atoms with Crippen molar-refractivity contribution in [2.75, 3.05) is 13.7 Å². The Morgan fingerprint density at radius 1 is 1.00 bits per heavy atom. The molecule has 0 atom stereocenters. The Kier molecular flexibility index (Phi) is 6.89. The third-order valence-electron chi connectivity index (χ3n) is 4.43. The van der Waals surface area contributed by atoms with Crippen LogP contribution in [0.1, 0.15) is 12.5 Å². The van der Waals surface area contributed by atoms with Crippen molar-refractivity contribution in [3.8, 4) is 17.0 Å². The van der Waals surface area contributed by atoms with E-state index in [-0.39, 0.29) is 30.7 Å². The van der Waals surface area contributed by atoms with Crippen molar-refractivity contribution in [2.24, 2.45) is 0 Å². The second-order valence-corrected chi connectivity index (χ2v) is 6.02. The lowest BCUT2D eigenvalue weighted by molar-refractivity contribution is 0.325. The summed E-state index contributed by atoms with van der Waals surface area (Å²) in [5, 5.41) is 18.8. The highest BCUT2D eigenvalue weighted by molar-refractivity contribution is 6.01.